The van der Waals surface area contributed by atoms with Crippen molar-refractivity contribution in [1.82, 2.24) is 14.5 Å². The fourth-order valence-corrected chi connectivity index (χ4v) is 4.40. The Morgan fingerprint density at radius 1 is 1.02 bits per heavy atom. The number of ether oxygens (including phenoxy) is 3. The second-order valence-electron chi connectivity index (χ2n) is 11.5. The van der Waals surface area contributed by atoms with Crippen molar-refractivity contribution in [2.45, 2.75) is 71.2 Å². The number of nitrogens with zero attached hydrogens (tertiary/aromatic N) is 3. The molecular formula is C29H36ClFN4O6. The molecule has 0 fully saturated rings. The Balaban J connectivity index is 2.15. The number of imide groups is 1. The first-order valence-corrected chi connectivity index (χ1v) is 13.3. The van der Waals surface area contributed by atoms with Gasteiger partial charge in [0, 0.05) is 42.5 Å². The van der Waals surface area contributed by atoms with Crippen LogP contribution in [0.5, 0.6) is 0 Å². The predicted octanol–water partition coefficient (Wildman–Crippen LogP) is 6.62. The topological polar surface area (TPSA) is 112 Å². The summed E-state index contributed by atoms with van der Waals surface area (Å²) in [5, 5.41) is 4.24. The van der Waals surface area contributed by atoms with Crippen molar-refractivity contribution >= 4 is 46.5 Å². The summed E-state index contributed by atoms with van der Waals surface area (Å²) in [6.07, 6.45) is 0.948. The normalized spacial score (nSPS) is 13.3. The van der Waals surface area contributed by atoms with E-state index in [1.807, 2.05) is 7.05 Å². The summed E-state index contributed by atoms with van der Waals surface area (Å²) in [7, 11) is 2.97. The number of rotatable bonds is 7. The third-order valence-corrected chi connectivity index (χ3v) is 6.26. The molecule has 3 rings (SSSR count). The fraction of sp³-hybridized carbons (Fsp3) is 0.448. The lowest BCUT2D eigenvalue weighted by Crippen LogP contribution is -2.53. The van der Waals surface area contributed by atoms with Crippen molar-refractivity contribution in [3.63, 3.8) is 0 Å². The lowest BCUT2D eigenvalue weighted by atomic mass is 9.98. The van der Waals surface area contributed by atoms with E-state index in [-0.39, 0.29) is 6.42 Å². The van der Waals surface area contributed by atoms with Crippen LogP contribution in [0.2, 0.25) is 5.02 Å². The van der Waals surface area contributed by atoms with Gasteiger partial charge in [-0.3, -0.25) is 0 Å². The van der Waals surface area contributed by atoms with E-state index < -0.39 is 47.3 Å². The number of halogens is 2. The monoisotopic (exact) mass is 590 g/mol. The van der Waals surface area contributed by atoms with Crippen LogP contribution in [0, 0.1) is 5.82 Å². The number of pyridine rings is 1. The van der Waals surface area contributed by atoms with E-state index in [1.165, 1.54) is 24.3 Å². The molecule has 0 spiro atoms. The highest BCUT2D eigenvalue weighted by Crippen LogP contribution is 2.35. The minimum absolute atomic E-state index is 0.220. The van der Waals surface area contributed by atoms with Gasteiger partial charge in [0.25, 0.3) is 0 Å². The van der Waals surface area contributed by atoms with Crippen molar-refractivity contribution < 1.29 is 33.0 Å². The fourth-order valence-electron chi connectivity index (χ4n) is 4.07. The van der Waals surface area contributed by atoms with Gasteiger partial charge in [-0.25, -0.2) is 23.8 Å². The average molecular weight is 591 g/mol. The van der Waals surface area contributed by atoms with E-state index in [0.717, 1.165) is 7.11 Å². The number of anilines is 1. The van der Waals surface area contributed by atoms with Crippen molar-refractivity contribution in [2.24, 2.45) is 7.05 Å². The highest BCUT2D eigenvalue weighted by molar-refractivity contribution is 6.36. The second kappa shape index (κ2) is 12.3. The van der Waals surface area contributed by atoms with Crippen LogP contribution < -0.4 is 5.32 Å². The highest BCUT2D eigenvalue weighted by Gasteiger charge is 2.42. The Morgan fingerprint density at radius 2 is 1.59 bits per heavy atom. The number of hydrogen-bond donors (Lipinski definition) is 1. The van der Waals surface area contributed by atoms with Gasteiger partial charge >= 0.3 is 18.2 Å². The van der Waals surface area contributed by atoms with E-state index in [9.17, 15) is 18.8 Å². The first-order chi connectivity index (χ1) is 19.0. The van der Waals surface area contributed by atoms with E-state index in [0.29, 0.717) is 32.2 Å². The maximum Gasteiger partial charge on any atom is 0.420 e. The molecule has 0 saturated carbocycles. The number of carbonyl (C=O) groups excluding carboxylic acids is 3. The zero-order chi connectivity index (χ0) is 30.7. The first-order valence-electron chi connectivity index (χ1n) is 13.0. The molecule has 0 radical (unpaired) electrons. The molecule has 2 amide bonds. The number of benzene rings is 1. The maximum atomic E-state index is 13.7. The summed E-state index contributed by atoms with van der Waals surface area (Å²) in [6.45, 7) is 9.78. The Bertz CT molecular complexity index is 1380. The third kappa shape index (κ3) is 8.09. The van der Waals surface area contributed by atoms with Crippen LogP contribution in [0.4, 0.5) is 19.7 Å². The second-order valence-corrected chi connectivity index (χ2v) is 11.9. The molecule has 0 bridgehead atoms. The quantitative estimate of drug-likeness (QED) is 0.241. The summed E-state index contributed by atoms with van der Waals surface area (Å²) in [4.78, 5) is 45.2. The number of aromatic nitrogens is 2. The van der Waals surface area contributed by atoms with Crippen LogP contribution in [-0.2, 0) is 26.1 Å². The molecule has 0 saturated heterocycles. The lowest BCUT2D eigenvalue weighted by molar-refractivity contribution is -0.147. The summed E-state index contributed by atoms with van der Waals surface area (Å²) >= 11 is 6.85. The molecule has 0 unspecified atom stereocenters. The molecule has 2 heterocycles. The molecule has 0 aliphatic heterocycles. The van der Waals surface area contributed by atoms with Crippen molar-refractivity contribution in [3.8, 4) is 0 Å². The number of carbonyl (C=O) groups is 3. The summed E-state index contributed by atoms with van der Waals surface area (Å²) in [5.74, 6) is -1.33. The number of nitrogens with one attached hydrogen (secondary N) is 1. The van der Waals surface area contributed by atoms with Crippen LogP contribution >= 0.6 is 11.6 Å². The molecule has 1 N–H and O–H groups in total. The van der Waals surface area contributed by atoms with Crippen LogP contribution in [0.1, 0.15) is 59.6 Å². The maximum absolute atomic E-state index is 13.7. The Labute approximate surface area is 243 Å². The Hall–Kier alpha value is -3.86. The van der Waals surface area contributed by atoms with Gasteiger partial charge in [0.1, 0.15) is 28.7 Å². The van der Waals surface area contributed by atoms with Gasteiger partial charge in [-0.1, -0.05) is 11.6 Å². The molecular weight excluding hydrogens is 555 g/mol. The molecule has 2 atom stereocenters. The minimum Gasteiger partial charge on any atom is -0.467 e. The summed E-state index contributed by atoms with van der Waals surface area (Å²) in [6, 6.07) is 5.03. The molecule has 12 heteroatoms. The third-order valence-electron chi connectivity index (χ3n) is 5.84. The molecule has 1 aromatic carbocycles. The van der Waals surface area contributed by atoms with Gasteiger partial charge in [-0.15, -0.1) is 0 Å². The van der Waals surface area contributed by atoms with Crippen molar-refractivity contribution in [1.29, 1.82) is 0 Å². The number of amides is 2. The zero-order valence-electron chi connectivity index (χ0n) is 24.5. The zero-order valence-corrected chi connectivity index (χ0v) is 25.2. The molecule has 0 aliphatic carbocycles. The predicted molar refractivity (Wildman–Crippen MR) is 153 cm³/mol. The Morgan fingerprint density at radius 3 is 2.10 bits per heavy atom. The standard InChI is InChI=1S/C29H36ClFN4O6/c1-28(2,3)40-26(37)35(27(38)41-29(4,5)6)22(25(36)39-8)15-21(33-18-11-9-17(31)10-12-18)20-16-32-24-19(23(20)30)13-14-34(24)7/h9-14,16,21-22,33H,15H2,1-8H3/t21-,22+/m1/s1. The van der Waals surface area contributed by atoms with Crippen LogP contribution in [0.25, 0.3) is 11.0 Å². The van der Waals surface area contributed by atoms with Crippen molar-refractivity contribution in [2.75, 3.05) is 12.4 Å². The number of aryl methyl sites for hydroxylation is 1. The lowest BCUT2D eigenvalue weighted by Gasteiger charge is -2.34. The van der Waals surface area contributed by atoms with Gasteiger partial charge in [0.05, 0.1) is 18.2 Å². The number of esters is 1. The van der Waals surface area contributed by atoms with Crippen LogP contribution in [-0.4, -0.2) is 57.0 Å². The van der Waals surface area contributed by atoms with E-state index >= 15 is 0 Å². The minimum atomic E-state index is -1.51. The average Bonchev–Trinajstić information content (AvgIpc) is 3.23. The molecule has 0 aliphatic rings. The Kier molecular flexibility index (Phi) is 9.53. The van der Waals surface area contributed by atoms with E-state index in [2.05, 4.69) is 10.3 Å². The highest BCUT2D eigenvalue weighted by atomic mass is 35.5. The van der Waals surface area contributed by atoms with Crippen LogP contribution in [0.3, 0.4) is 0 Å². The van der Waals surface area contributed by atoms with Crippen LogP contribution in [0.15, 0.2) is 42.7 Å². The molecule has 10 nitrogen and oxygen atoms in total. The SMILES string of the molecule is COC(=O)[C@H](C[C@@H](Nc1ccc(F)cc1)c1cnc2c(ccn2C)c1Cl)N(C(=O)OC(C)(C)C)C(=O)OC(C)(C)C. The van der Waals surface area contributed by atoms with Gasteiger partial charge in [0.15, 0.2) is 0 Å². The van der Waals surface area contributed by atoms with Gasteiger partial charge in [-0.05, 0) is 71.9 Å². The summed E-state index contributed by atoms with van der Waals surface area (Å²) < 4.78 is 31.5. The van der Waals surface area contributed by atoms with E-state index in [1.54, 1.807) is 64.6 Å². The largest absolute Gasteiger partial charge is 0.467 e. The molecule has 2 aromatic heterocycles. The molecule has 3 aromatic rings. The first kappa shape index (κ1) is 31.7. The van der Waals surface area contributed by atoms with Crippen molar-refractivity contribution in [3.05, 3.63) is 59.1 Å². The smallest absolute Gasteiger partial charge is 0.420 e. The van der Waals surface area contributed by atoms with Gasteiger partial charge in [-0.2, -0.15) is 4.90 Å². The van der Waals surface area contributed by atoms with E-state index in [4.69, 9.17) is 25.8 Å². The number of hydrogen-bond acceptors (Lipinski definition) is 8. The van der Waals surface area contributed by atoms with Gasteiger partial charge < -0.3 is 24.1 Å². The molecule has 41 heavy (non-hydrogen) atoms. The summed E-state index contributed by atoms with van der Waals surface area (Å²) in [5.41, 5.74) is -0.389. The van der Waals surface area contributed by atoms with Gasteiger partial charge in [0.2, 0.25) is 0 Å². The number of fused-ring (bicyclic) bond motifs is 1. The molecule has 222 valence electrons. The number of methoxy groups -OCH3 is 1.